The highest BCUT2D eigenvalue weighted by Gasteiger charge is 2.13. The van der Waals surface area contributed by atoms with Crippen molar-refractivity contribution in [2.75, 3.05) is 0 Å². The number of nitro groups is 1. The molecule has 3 nitrogen and oxygen atoms in total. The molecule has 5 heteroatoms. The second-order valence-corrected chi connectivity index (χ2v) is 3.23. The maximum Gasteiger partial charge on any atom is 0.284 e. The topological polar surface area (TPSA) is 43.1 Å². The quantitative estimate of drug-likeness (QED) is 0.433. The highest BCUT2D eigenvalue weighted by atomic mass is 35.5. The lowest BCUT2D eigenvalue weighted by atomic mass is 10.2. The Morgan fingerprint density at radius 2 is 2.17 bits per heavy atom. The number of nitro benzene ring substituents is 1. The molecule has 0 aromatic heterocycles. The van der Waals surface area contributed by atoms with Crippen LogP contribution in [0.5, 0.6) is 0 Å². The van der Waals surface area contributed by atoms with E-state index in [1.54, 1.807) is 13.0 Å². The number of halogens is 1. The van der Waals surface area contributed by atoms with E-state index in [-0.39, 0.29) is 5.69 Å². The Labute approximate surface area is 79.9 Å². The van der Waals surface area contributed by atoms with Crippen molar-refractivity contribution in [3.8, 4) is 0 Å². The van der Waals surface area contributed by atoms with Gasteiger partial charge >= 0.3 is 0 Å². The highest BCUT2D eigenvalue weighted by molar-refractivity contribution is 7.80. The first-order valence-corrected chi connectivity index (χ1v) is 3.98. The minimum atomic E-state index is -0.499. The van der Waals surface area contributed by atoms with Crippen LogP contribution in [0.25, 0.3) is 0 Å². The molecule has 0 saturated carbocycles. The van der Waals surface area contributed by atoms with Gasteiger partial charge < -0.3 is 0 Å². The fourth-order valence-corrected chi connectivity index (χ4v) is 1.33. The molecule has 12 heavy (non-hydrogen) atoms. The third kappa shape index (κ3) is 1.70. The summed E-state index contributed by atoms with van der Waals surface area (Å²) in [5.41, 5.74) is 0.654. The van der Waals surface area contributed by atoms with Gasteiger partial charge in [0.1, 0.15) is 0 Å². The Morgan fingerprint density at radius 3 is 2.67 bits per heavy atom. The summed E-state index contributed by atoms with van der Waals surface area (Å²) in [6.07, 6.45) is 0. The fraction of sp³-hybridized carbons (Fsp3) is 0.143. The van der Waals surface area contributed by atoms with Crippen LogP contribution in [0.4, 0.5) is 5.69 Å². The summed E-state index contributed by atoms with van der Waals surface area (Å²) < 4.78 is 0. The number of hydrogen-bond donors (Lipinski definition) is 1. The molecule has 0 unspecified atom stereocenters. The molecule has 0 aliphatic carbocycles. The van der Waals surface area contributed by atoms with Crippen LogP contribution in [-0.4, -0.2) is 4.92 Å². The van der Waals surface area contributed by atoms with Gasteiger partial charge in [0, 0.05) is 11.1 Å². The Morgan fingerprint density at radius 1 is 1.58 bits per heavy atom. The number of thiol groups is 1. The predicted molar refractivity (Wildman–Crippen MR) is 50.1 cm³/mol. The molecule has 1 aromatic rings. The van der Waals surface area contributed by atoms with Gasteiger partial charge in [-0.25, -0.2) is 0 Å². The molecule has 0 amide bonds. The van der Waals surface area contributed by atoms with Gasteiger partial charge in [0.2, 0.25) is 0 Å². The van der Waals surface area contributed by atoms with Gasteiger partial charge in [-0.3, -0.25) is 10.1 Å². The van der Waals surface area contributed by atoms with Gasteiger partial charge in [0.15, 0.2) is 0 Å². The van der Waals surface area contributed by atoms with E-state index >= 15 is 0 Å². The molecule has 0 N–H and O–H groups in total. The maximum absolute atomic E-state index is 10.4. The molecule has 0 aliphatic rings. The van der Waals surface area contributed by atoms with Crippen LogP contribution in [0.3, 0.4) is 0 Å². The van der Waals surface area contributed by atoms with Crippen molar-refractivity contribution in [1.29, 1.82) is 0 Å². The summed E-state index contributed by atoms with van der Waals surface area (Å²) in [5, 5.41) is 10.8. The summed E-state index contributed by atoms with van der Waals surface area (Å²) >= 11 is 9.63. The van der Waals surface area contributed by atoms with Crippen LogP contribution < -0.4 is 0 Å². The van der Waals surface area contributed by atoms with E-state index < -0.39 is 4.92 Å². The molecule has 1 rings (SSSR count). The first-order valence-electron chi connectivity index (χ1n) is 3.16. The number of rotatable bonds is 1. The van der Waals surface area contributed by atoms with Crippen molar-refractivity contribution in [3.05, 3.63) is 32.8 Å². The van der Waals surface area contributed by atoms with Gasteiger partial charge in [-0.05, 0) is 18.6 Å². The van der Waals surface area contributed by atoms with E-state index in [1.165, 1.54) is 6.07 Å². The number of aryl methyl sites for hydroxylation is 1. The van der Waals surface area contributed by atoms with E-state index in [4.69, 9.17) is 11.6 Å². The molecule has 1 aromatic carbocycles. The van der Waals surface area contributed by atoms with Gasteiger partial charge in [0.05, 0.1) is 9.82 Å². The summed E-state index contributed by atoms with van der Waals surface area (Å²) in [6.45, 7) is 1.72. The van der Waals surface area contributed by atoms with E-state index in [1.807, 2.05) is 0 Å². The summed E-state index contributed by atoms with van der Waals surface area (Å²) in [7, 11) is 0. The van der Waals surface area contributed by atoms with E-state index in [0.717, 1.165) is 0 Å². The largest absolute Gasteiger partial charge is 0.284 e. The molecule has 0 aliphatic heterocycles. The van der Waals surface area contributed by atoms with Gasteiger partial charge in [-0.2, -0.15) is 0 Å². The van der Waals surface area contributed by atoms with Crippen molar-refractivity contribution >= 4 is 29.9 Å². The monoisotopic (exact) mass is 203 g/mol. The molecule has 0 radical (unpaired) electrons. The van der Waals surface area contributed by atoms with Crippen molar-refractivity contribution in [1.82, 2.24) is 0 Å². The van der Waals surface area contributed by atoms with E-state index in [9.17, 15) is 10.1 Å². The standard InChI is InChI=1S/C7H6ClNO2S/c1-4-2-5(8)3-6(7(4)12)9(10)11/h2-3,12H,1H3. The molecule has 0 bridgehead atoms. The average molecular weight is 204 g/mol. The van der Waals surface area contributed by atoms with Crippen molar-refractivity contribution in [2.24, 2.45) is 0 Å². The SMILES string of the molecule is Cc1cc(Cl)cc([N+](=O)[O-])c1S. The Balaban J connectivity index is 3.37. The van der Waals surface area contributed by atoms with Crippen molar-refractivity contribution in [2.45, 2.75) is 11.8 Å². The van der Waals surface area contributed by atoms with E-state index in [2.05, 4.69) is 12.6 Å². The van der Waals surface area contributed by atoms with Crippen LogP contribution in [0.15, 0.2) is 17.0 Å². The molecule has 0 atom stereocenters. The third-order valence-corrected chi connectivity index (χ3v) is 2.24. The first-order chi connectivity index (χ1) is 5.52. The lowest BCUT2D eigenvalue weighted by Gasteiger charge is -2.00. The molecule has 0 heterocycles. The molecule has 0 fully saturated rings. The number of nitrogens with zero attached hydrogens (tertiary/aromatic N) is 1. The zero-order valence-electron chi connectivity index (χ0n) is 6.24. The smallest absolute Gasteiger partial charge is 0.258 e. The predicted octanol–water partition coefficient (Wildman–Crippen LogP) is 2.85. The Kier molecular flexibility index (Phi) is 2.59. The lowest BCUT2D eigenvalue weighted by molar-refractivity contribution is -0.387. The first kappa shape index (κ1) is 9.35. The summed E-state index contributed by atoms with van der Waals surface area (Å²) in [4.78, 5) is 10.3. The highest BCUT2D eigenvalue weighted by Crippen LogP contribution is 2.29. The zero-order valence-corrected chi connectivity index (χ0v) is 7.89. The third-order valence-electron chi connectivity index (χ3n) is 1.44. The Hall–Kier alpha value is -0.740. The van der Waals surface area contributed by atoms with Gasteiger partial charge in [0.25, 0.3) is 5.69 Å². The summed E-state index contributed by atoms with van der Waals surface area (Å²) in [6, 6.07) is 2.92. The lowest BCUT2D eigenvalue weighted by Crippen LogP contribution is -1.91. The van der Waals surface area contributed by atoms with Gasteiger partial charge in [-0.1, -0.05) is 11.6 Å². The van der Waals surface area contributed by atoms with Crippen molar-refractivity contribution < 1.29 is 4.92 Å². The number of benzene rings is 1. The zero-order chi connectivity index (χ0) is 9.30. The second-order valence-electron chi connectivity index (χ2n) is 2.35. The van der Waals surface area contributed by atoms with Crippen LogP contribution in [0, 0.1) is 17.0 Å². The maximum atomic E-state index is 10.4. The molecular weight excluding hydrogens is 198 g/mol. The minimum absolute atomic E-state index is 0.0525. The normalized spacial score (nSPS) is 9.92. The number of hydrogen-bond acceptors (Lipinski definition) is 3. The molecule has 0 saturated heterocycles. The van der Waals surface area contributed by atoms with Crippen LogP contribution >= 0.6 is 24.2 Å². The summed E-state index contributed by atoms with van der Waals surface area (Å²) in [5.74, 6) is 0. The molecular formula is C7H6ClNO2S. The minimum Gasteiger partial charge on any atom is -0.258 e. The average Bonchev–Trinajstić information content (AvgIpc) is 1.96. The van der Waals surface area contributed by atoms with Crippen LogP contribution in [-0.2, 0) is 0 Å². The second kappa shape index (κ2) is 3.33. The van der Waals surface area contributed by atoms with Crippen LogP contribution in [0.1, 0.15) is 5.56 Å². The van der Waals surface area contributed by atoms with Crippen LogP contribution in [0.2, 0.25) is 5.02 Å². The van der Waals surface area contributed by atoms with E-state index in [0.29, 0.717) is 15.5 Å². The fourth-order valence-electron chi connectivity index (χ4n) is 0.857. The molecule has 64 valence electrons. The molecule has 0 spiro atoms. The Bertz CT molecular complexity index is 340. The van der Waals surface area contributed by atoms with Crippen molar-refractivity contribution in [3.63, 3.8) is 0 Å². The van der Waals surface area contributed by atoms with Gasteiger partial charge in [-0.15, -0.1) is 12.6 Å².